The standard InChI is InChI=1S/C47H78NO8P/c1-6-8-10-12-14-16-18-20-22-23-24-25-26-28-30-32-34-36-38-40-47(50)56-45(44-55-57(51,52)54-42-41-48(3,4)5)43-53-46(49)39-37-35-33-31-29-27-21-19-17-15-13-11-9-7-2/h8,10,13-16,19-22,24-25,28,30,34,36,45H,6-7,9,11-12,17-18,23,26-27,29,31-33,35,37-44H2,1-5H3/b10-8-,15-13-,16-14-,21-19-,22-20-,25-24-,30-28-,36-34-/t45-/m1/s1. The van der Waals surface area contributed by atoms with E-state index in [1.807, 2.05) is 33.3 Å². The molecule has 0 aliphatic rings. The number of esters is 2. The summed E-state index contributed by atoms with van der Waals surface area (Å²) in [5.41, 5.74) is 0. The molecule has 0 aromatic heterocycles. The second kappa shape index (κ2) is 38.4. The number of carbonyl (C=O) groups excluding carboxylic acids is 2. The summed E-state index contributed by atoms with van der Waals surface area (Å²) in [6.45, 7) is 3.93. The number of hydrogen-bond acceptors (Lipinski definition) is 8. The number of rotatable bonds is 37. The van der Waals surface area contributed by atoms with Gasteiger partial charge >= 0.3 is 11.9 Å². The number of nitrogens with zero attached hydrogens (tertiary/aromatic N) is 1. The molecule has 57 heavy (non-hydrogen) atoms. The van der Waals surface area contributed by atoms with Crippen LogP contribution in [0.3, 0.4) is 0 Å². The lowest BCUT2D eigenvalue weighted by Gasteiger charge is -2.28. The Bertz CT molecular complexity index is 1290. The van der Waals surface area contributed by atoms with Gasteiger partial charge in [-0.25, -0.2) is 0 Å². The molecule has 324 valence electrons. The smallest absolute Gasteiger partial charge is 0.306 e. The summed E-state index contributed by atoms with van der Waals surface area (Å²) in [4.78, 5) is 37.5. The lowest BCUT2D eigenvalue weighted by Crippen LogP contribution is -2.37. The molecule has 0 N–H and O–H groups in total. The van der Waals surface area contributed by atoms with Gasteiger partial charge in [-0.15, -0.1) is 0 Å². The van der Waals surface area contributed by atoms with E-state index in [1.54, 1.807) is 0 Å². The fourth-order valence-corrected chi connectivity index (χ4v) is 5.72. The molecule has 0 amide bonds. The number of carbonyl (C=O) groups is 2. The second-order valence-electron chi connectivity index (χ2n) is 15.0. The largest absolute Gasteiger partial charge is 0.756 e. The molecule has 0 rings (SSSR count). The van der Waals surface area contributed by atoms with E-state index < -0.39 is 32.5 Å². The van der Waals surface area contributed by atoms with Crippen molar-refractivity contribution in [3.05, 3.63) is 97.2 Å². The van der Waals surface area contributed by atoms with E-state index in [4.69, 9.17) is 18.5 Å². The molecule has 0 radical (unpaired) electrons. The van der Waals surface area contributed by atoms with E-state index in [-0.39, 0.29) is 26.1 Å². The third kappa shape index (κ3) is 42.4. The van der Waals surface area contributed by atoms with Crippen LogP contribution in [-0.4, -0.2) is 70.0 Å². The molecule has 0 heterocycles. The van der Waals surface area contributed by atoms with Gasteiger partial charge in [0.15, 0.2) is 6.10 Å². The third-order valence-corrected chi connectivity index (χ3v) is 9.32. The van der Waals surface area contributed by atoms with Gasteiger partial charge in [0.1, 0.15) is 19.8 Å². The van der Waals surface area contributed by atoms with E-state index in [2.05, 4.69) is 98.9 Å². The first kappa shape index (κ1) is 53.9. The van der Waals surface area contributed by atoms with Gasteiger partial charge in [0.25, 0.3) is 7.82 Å². The zero-order valence-electron chi connectivity index (χ0n) is 36.2. The maximum absolute atomic E-state index is 12.6. The number of unbranched alkanes of at least 4 members (excludes halogenated alkanes) is 7. The number of phosphoric acid groups is 1. The number of phosphoric ester groups is 1. The molecule has 2 atom stereocenters. The van der Waals surface area contributed by atoms with E-state index in [0.717, 1.165) is 83.5 Å². The first-order chi connectivity index (χ1) is 27.5. The Balaban J connectivity index is 4.55. The molecule has 0 aromatic rings. The van der Waals surface area contributed by atoms with Crippen LogP contribution in [0.4, 0.5) is 0 Å². The fraction of sp³-hybridized carbons (Fsp3) is 0.617. The van der Waals surface area contributed by atoms with Crippen LogP contribution in [0.1, 0.15) is 136 Å². The summed E-state index contributed by atoms with van der Waals surface area (Å²) in [6.07, 6.45) is 50.2. The Labute approximate surface area is 347 Å². The van der Waals surface area contributed by atoms with Crippen molar-refractivity contribution in [2.24, 2.45) is 0 Å². The Morgan fingerprint density at radius 2 is 1.04 bits per heavy atom. The molecule has 10 heteroatoms. The highest BCUT2D eigenvalue weighted by atomic mass is 31.2. The third-order valence-electron chi connectivity index (χ3n) is 8.35. The first-order valence-electron chi connectivity index (χ1n) is 21.4. The number of quaternary nitrogens is 1. The van der Waals surface area contributed by atoms with Gasteiger partial charge in [-0.2, -0.15) is 0 Å². The maximum Gasteiger partial charge on any atom is 0.306 e. The van der Waals surface area contributed by atoms with Crippen LogP contribution in [0, 0.1) is 0 Å². The van der Waals surface area contributed by atoms with Gasteiger partial charge in [0.05, 0.1) is 27.7 Å². The van der Waals surface area contributed by atoms with E-state index in [0.29, 0.717) is 23.9 Å². The Kier molecular flexibility index (Phi) is 36.4. The first-order valence-corrected chi connectivity index (χ1v) is 22.9. The summed E-state index contributed by atoms with van der Waals surface area (Å²) in [5.74, 6) is -0.961. The Hall–Kier alpha value is -3.07. The van der Waals surface area contributed by atoms with Crippen LogP contribution in [0.2, 0.25) is 0 Å². The predicted octanol–water partition coefficient (Wildman–Crippen LogP) is 11.6. The summed E-state index contributed by atoms with van der Waals surface area (Å²) in [7, 11) is 1.09. The number of hydrogen-bond donors (Lipinski definition) is 0. The zero-order chi connectivity index (χ0) is 42.1. The predicted molar refractivity (Wildman–Crippen MR) is 235 cm³/mol. The fourth-order valence-electron chi connectivity index (χ4n) is 4.99. The van der Waals surface area contributed by atoms with E-state index >= 15 is 0 Å². The molecular formula is C47H78NO8P. The second-order valence-corrected chi connectivity index (χ2v) is 16.4. The molecule has 0 saturated carbocycles. The molecule has 0 spiro atoms. The molecule has 9 nitrogen and oxygen atoms in total. The molecule has 0 bridgehead atoms. The minimum atomic E-state index is -4.65. The maximum atomic E-state index is 12.6. The lowest BCUT2D eigenvalue weighted by molar-refractivity contribution is -0.870. The SMILES string of the molecule is CC/C=C\C/C=C\C/C=C\C/C=C\C/C=C\C/C=C\CCC(=O)O[C@H](COC(=O)CCCCCCC/C=C\C/C=C\CCCC)COP(=O)([O-])OCC[N+](C)(C)C. The zero-order valence-corrected chi connectivity index (χ0v) is 37.1. The summed E-state index contributed by atoms with van der Waals surface area (Å²) in [6, 6.07) is 0. The average molecular weight is 816 g/mol. The van der Waals surface area contributed by atoms with Crippen LogP contribution in [0.15, 0.2) is 97.2 Å². The molecule has 0 saturated heterocycles. The van der Waals surface area contributed by atoms with Crippen LogP contribution in [-0.2, 0) is 32.7 Å². The number of ether oxygens (including phenoxy) is 2. The Morgan fingerprint density at radius 1 is 0.561 bits per heavy atom. The molecule has 0 fully saturated rings. The summed E-state index contributed by atoms with van der Waals surface area (Å²) < 4.78 is 33.7. The average Bonchev–Trinajstić information content (AvgIpc) is 3.16. The highest BCUT2D eigenvalue weighted by Gasteiger charge is 2.21. The van der Waals surface area contributed by atoms with Crippen LogP contribution < -0.4 is 4.89 Å². The van der Waals surface area contributed by atoms with Gasteiger partial charge < -0.3 is 27.9 Å². The van der Waals surface area contributed by atoms with Gasteiger partial charge in [-0.1, -0.05) is 143 Å². The molecule has 1 unspecified atom stereocenters. The number of allylic oxidation sites excluding steroid dienone is 16. The van der Waals surface area contributed by atoms with Crippen molar-refractivity contribution < 1.29 is 42.1 Å². The van der Waals surface area contributed by atoms with E-state index in [9.17, 15) is 19.0 Å². The molecule has 0 aliphatic heterocycles. The van der Waals surface area contributed by atoms with Crippen molar-refractivity contribution in [2.75, 3.05) is 47.5 Å². The lowest BCUT2D eigenvalue weighted by atomic mass is 10.1. The topological polar surface area (TPSA) is 111 Å². The van der Waals surface area contributed by atoms with Crippen molar-refractivity contribution in [3.8, 4) is 0 Å². The van der Waals surface area contributed by atoms with Gasteiger partial charge in [-0.05, 0) is 77.0 Å². The van der Waals surface area contributed by atoms with Gasteiger partial charge in [0.2, 0.25) is 0 Å². The quantitative estimate of drug-likeness (QED) is 0.0200. The monoisotopic (exact) mass is 816 g/mol. The minimum Gasteiger partial charge on any atom is -0.756 e. The summed E-state index contributed by atoms with van der Waals surface area (Å²) in [5, 5.41) is 0. The molecule has 0 aliphatic carbocycles. The highest BCUT2D eigenvalue weighted by Crippen LogP contribution is 2.38. The van der Waals surface area contributed by atoms with Crippen molar-refractivity contribution in [2.45, 2.75) is 142 Å². The van der Waals surface area contributed by atoms with Crippen molar-refractivity contribution in [3.63, 3.8) is 0 Å². The minimum absolute atomic E-state index is 0.0524. The molecular weight excluding hydrogens is 737 g/mol. The van der Waals surface area contributed by atoms with Gasteiger partial charge in [-0.3, -0.25) is 14.2 Å². The van der Waals surface area contributed by atoms with Crippen LogP contribution in [0.25, 0.3) is 0 Å². The summed E-state index contributed by atoms with van der Waals surface area (Å²) >= 11 is 0. The highest BCUT2D eigenvalue weighted by molar-refractivity contribution is 7.45. The van der Waals surface area contributed by atoms with Crippen molar-refractivity contribution in [1.29, 1.82) is 0 Å². The van der Waals surface area contributed by atoms with Crippen molar-refractivity contribution in [1.82, 2.24) is 0 Å². The number of likely N-dealkylation sites (N-methyl/N-ethyl adjacent to an activating group) is 1. The van der Waals surface area contributed by atoms with E-state index in [1.165, 1.54) is 12.8 Å². The van der Waals surface area contributed by atoms with Gasteiger partial charge in [0, 0.05) is 12.8 Å². The van der Waals surface area contributed by atoms with Crippen LogP contribution >= 0.6 is 7.82 Å². The van der Waals surface area contributed by atoms with Crippen LogP contribution in [0.5, 0.6) is 0 Å². The van der Waals surface area contributed by atoms with Crippen molar-refractivity contribution >= 4 is 19.8 Å². The molecule has 0 aromatic carbocycles. The normalized spacial score (nSPS) is 14.6. The Morgan fingerprint density at radius 3 is 1.56 bits per heavy atom.